The van der Waals surface area contributed by atoms with Crippen LogP contribution < -0.4 is 4.74 Å². The second-order valence-electron chi connectivity index (χ2n) is 5.22. The quantitative estimate of drug-likeness (QED) is 0.612. The van der Waals surface area contributed by atoms with Crippen molar-refractivity contribution in [1.29, 1.82) is 0 Å². The van der Waals surface area contributed by atoms with E-state index >= 15 is 0 Å². The number of ether oxygens (including phenoxy) is 1. The van der Waals surface area contributed by atoms with Crippen LogP contribution in [0.4, 0.5) is 0 Å². The van der Waals surface area contributed by atoms with Gasteiger partial charge in [0.2, 0.25) is 0 Å². The third kappa shape index (κ3) is 3.48. The van der Waals surface area contributed by atoms with Crippen LogP contribution in [0.1, 0.15) is 28.4 Å². The lowest BCUT2D eigenvalue weighted by atomic mass is 10.1. The fourth-order valence-corrected chi connectivity index (χ4v) is 3.45. The van der Waals surface area contributed by atoms with Crippen molar-refractivity contribution in [3.05, 3.63) is 59.2 Å². The number of fused-ring (bicyclic) bond motifs is 1. The van der Waals surface area contributed by atoms with Gasteiger partial charge >= 0.3 is 0 Å². The second-order valence-corrected chi connectivity index (χ2v) is 6.39. The van der Waals surface area contributed by atoms with Gasteiger partial charge in [-0.3, -0.25) is 4.79 Å². The first-order valence-electron chi connectivity index (χ1n) is 7.21. The van der Waals surface area contributed by atoms with Gasteiger partial charge in [-0.15, -0.1) is 11.8 Å². The summed E-state index contributed by atoms with van der Waals surface area (Å²) in [5.41, 5.74) is 3.47. The summed E-state index contributed by atoms with van der Waals surface area (Å²) in [5, 5.41) is 0. The molecular weight excluding hydrogens is 280 g/mol. The Balaban J connectivity index is 1.59. The molecule has 2 aromatic carbocycles. The molecule has 2 aromatic rings. The Morgan fingerprint density at radius 2 is 2.14 bits per heavy atom. The number of carbonyl (C=O) groups is 1. The predicted octanol–water partition coefficient (Wildman–Crippen LogP) is 4.16. The van der Waals surface area contributed by atoms with E-state index in [0.717, 1.165) is 41.4 Å². The highest BCUT2D eigenvalue weighted by Crippen LogP contribution is 2.27. The maximum atomic E-state index is 11.4. The molecule has 3 heteroatoms. The van der Waals surface area contributed by atoms with Crippen molar-refractivity contribution < 1.29 is 9.53 Å². The van der Waals surface area contributed by atoms with Crippen LogP contribution >= 0.6 is 11.8 Å². The minimum Gasteiger partial charge on any atom is -0.493 e. The third-order valence-corrected chi connectivity index (χ3v) is 4.65. The molecule has 1 heterocycles. The molecule has 0 saturated heterocycles. The number of carbonyl (C=O) groups excluding carboxylic acids is 1. The Kier molecular flexibility index (Phi) is 4.30. The maximum Gasteiger partial charge on any atom is 0.159 e. The summed E-state index contributed by atoms with van der Waals surface area (Å²) < 4.78 is 5.53. The monoisotopic (exact) mass is 298 g/mol. The number of ketones is 1. The van der Waals surface area contributed by atoms with E-state index in [9.17, 15) is 4.79 Å². The van der Waals surface area contributed by atoms with E-state index in [4.69, 9.17) is 4.74 Å². The predicted molar refractivity (Wildman–Crippen MR) is 86.5 cm³/mol. The highest BCUT2D eigenvalue weighted by Gasteiger charge is 2.11. The summed E-state index contributed by atoms with van der Waals surface area (Å²) in [6, 6.07) is 14.3. The van der Waals surface area contributed by atoms with Crippen LogP contribution in [0.15, 0.2) is 47.4 Å². The Morgan fingerprint density at radius 1 is 1.24 bits per heavy atom. The highest BCUT2D eigenvalue weighted by atomic mass is 32.2. The highest BCUT2D eigenvalue weighted by molar-refractivity contribution is 7.99. The van der Waals surface area contributed by atoms with Gasteiger partial charge in [0.15, 0.2) is 5.78 Å². The summed E-state index contributed by atoms with van der Waals surface area (Å²) in [6.07, 6.45) is 2.05. The lowest BCUT2D eigenvalue weighted by molar-refractivity contribution is 0.101. The lowest BCUT2D eigenvalue weighted by Crippen LogP contribution is -1.93. The summed E-state index contributed by atoms with van der Waals surface area (Å²) in [5.74, 6) is 2.18. The largest absolute Gasteiger partial charge is 0.493 e. The SMILES string of the molecule is CC(=O)c1cccc(SCCc2ccc3c(c2)CCO3)c1. The maximum absolute atomic E-state index is 11.4. The van der Waals surface area contributed by atoms with E-state index in [1.54, 1.807) is 18.7 Å². The minimum absolute atomic E-state index is 0.121. The zero-order valence-corrected chi connectivity index (χ0v) is 12.9. The van der Waals surface area contributed by atoms with Crippen LogP contribution in [0.5, 0.6) is 5.75 Å². The summed E-state index contributed by atoms with van der Waals surface area (Å²) in [4.78, 5) is 12.5. The molecule has 0 atom stereocenters. The first-order valence-corrected chi connectivity index (χ1v) is 8.19. The number of aryl methyl sites for hydroxylation is 1. The molecule has 3 rings (SSSR count). The van der Waals surface area contributed by atoms with Crippen LogP contribution in [0.2, 0.25) is 0 Å². The van der Waals surface area contributed by atoms with E-state index in [2.05, 4.69) is 24.3 Å². The van der Waals surface area contributed by atoms with Gasteiger partial charge in [-0.2, -0.15) is 0 Å². The molecule has 0 spiro atoms. The zero-order chi connectivity index (χ0) is 14.7. The number of hydrogen-bond donors (Lipinski definition) is 0. The van der Waals surface area contributed by atoms with Gasteiger partial charge in [-0.25, -0.2) is 0 Å². The van der Waals surface area contributed by atoms with Crippen molar-refractivity contribution in [2.45, 2.75) is 24.7 Å². The van der Waals surface area contributed by atoms with E-state index in [1.807, 2.05) is 18.2 Å². The molecule has 1 aliphatic heterocycles. The normalized spacial score (nSPS) is 12.8. The molecule has 0 N–H and O–H groups in total. The molecule has 0 unspecified atom stereocenters. The number of Topliss-reactive ketones (excluding diaryl/α,β-unsaturated/α-hetero) is 1. The Labute approximate surface area is 129 Å². The van der Waals surface area contributed by atoms with Crippen molar-refractivity contribution >= 4 is 17.5 Å². The van der Waals surface area contributed by atoms with E-state index in [-0.39, 0.29) is 5.78 Å². The van der Waals surface area contributed by atoms with Gasteiger partial charge in [0, 0.05) is 22.6 Å². The van der Waals surface area contributed by atoms with Crippen molar-refractivity contribution in [2.75, 3.05) is 12.4 Å². The molecule has 0 fully saturated rings. The van der Waals surface area contributed by atoms with Gasteiger partial charge in [0.1, 0.15) is 5.75 Å². The first-order chi connectivity index (χ1) is 10.2. The van der Waals surface area contributed by atoms with Crippen LogP contribution in [0, 0.1) is 0 Å². The fourth-order valence-electron chi connectivity index (χ4n) is 2.49. The molecule has 1 aliphatic rings. The van der Waals surface area contributed by atoms with Crippen molar-refractivity contribution in [3.63, 3.8) is 0 Å². The molecule has 2 nitrogen and oxygen atoms in total. The summed E-state index contributed by atoms with van der Waals surface area (Å²) in [6.45, 7) is 2.42. The van der Waals surface area contributed by atoms with Crippen LogP contribution in [0.25, 0.3) is 0 Å². The molecule has 0 aromatic heterocycles. The number of benzene rings is 2. The molecule has 0 bridgehead atoms. The number of rotatable bonds is 5. The van der Waals surface area contributed by atoms with Gasteiger partial charge in [-0.1, -0.05) is 24.3 Å². The Bertz CT molecular complexity index is 664. The van der Waals surface area contributed by atoms with Crippen molar-refractivity contribution in [3.8, 4) is 5.75 Å². The van der Waals surface area contributed by atoms with Gasteiger partial charge in [0.25, 0.3) is 0 Å². The van der Waals surface area contributed by atoms with E-state index in [0.29, 0.717) is 0 Å². The smallest absolute Gasteiger partial charge is 0.159 e. The lowest BCUT2D eigenvalue weighted by Gasteiger charge is -2.05. The van der Waals surface area contributed by atoms with Gasteiger partial charge in [-0.05, 0) is 42.7 Å². The number of thioether (sulfide) groups is 1. The van der Waals surface area contributed by atoms with E-state index < -0.39 is 0 Å². The molecule has 0 amide bonds. The topological polar surface area (TPSA) is 26.3 Å². The third-order valence-electron chi connectivity index (χ3n) is 3.65. The summed E-state index contributed by atoms with van der Waals surface area (Å²) in [7, 11) is 0. The standard InChI is InChI=1S/C18H18O2S/c1-13(19)15-3-2-4-17(12-15)21-10-8-14-5-6-18-16(11-14)7-9-20-18/h2-6,11-12H,7-10H2,1H3. The van der Waals surface area contributed by atoms with Crippen LogP contribution in [-0.2, 0) is 12.8 Å². The molecule has 21 heavy (non-hydrogen) atoms. The number of hydrogen-bond acceptors (Lipinski definition) is 3. The van der Waals surface area contributed by atoms with Crippen LogP contribution in [-0.4, -0.2) is 18.1 Å². The molecule has 0 saturated carbocycles. The zero-order valence-electron chi connectivity index (χ0n) is 12.1. The summed E-state index contributed by atoms with van der Waals surface area (Å²) >= 11 is 1.80. The van der Waals surface area contributed by atoms with Crippen molar-refractivity contribution in [2.24, 2.45) is 0 Å². The van der Waals surface area contributed by atoms with Gasteiger partial charge in [0.05, 0.1) is 6.61 Å². The average Bonchev–Trinajstić information content (AvgIpc) is 2.95. The first kappa shape index (κ1) is 14.2. The van der Waals surface area contributed by atoms with Gasteiger partial charge < -0.3 is 4.74 Å². The second kappa shape index (κ2) is 6.35. The van der Waals surface area contributed by atoms with Crippen LogP contribution in [0.3, 0.4) is 0 Å². The fraction of sp³-hybridized carbons (Fsp3) is 0.278. The molecular formula is C18H18O2S. The Morgan fingerprint density at radius 3 is 3.00 bits per heavy atom. The Hall–Kier alpha value is -1.74. The van der Waals surface area contributed by atoms with E-state index in [1.165, 1.54) is 11.1 Å². The van der Waals surface area contributed by atoms with Crippen molar-refractivity contribution in [1.82, 2.24) is 0 Å². The molecule has 0 radical (unpaired) electrons. The average molecular weight is 298 g/mol. The molecule has 0 aliphatic carbocycles. The minimum atomic E-state index is 0.121. The molecule has 108 valence electrons.